The second-order valence-corrected chi connectivity index (χ2v) is 5.74. The molecule has 0 saturated carbocycles. The zero-order valence-corrected chi connectivity index (χ0v) is 12.7. The molecule has 1 heterocycles. The molecular weight excluding hydrogens is 288 g/mol. The summed E-state index contributed by atoms with van der Waals surface area (Å²) >= 11 is 1.43. The predicted molar refractivity (Wildman–Crippen MR) is 81.6 cm³/mol. The number of ether oxygens (including phenoxy) is 1. The zero-order valence-electron chi connectivity index (χ0n) is 11.9. The quantitative estimate of drug-likeness (QED) is 0.862. The molecule has 2 aromatic rings. The van der Waals surface area contributed by atoms with E-state index in [0.29, 0.717) is 23.5 Å². The standard InChI is InChI=1S/C15H16N2O3S/c1-10-9-16-15(21-10)17-14(19)12-6-3-11(4-7-12)5-8-13(18)20-2/h3-4,6-7,9H,5,8H2,1-2H3,(H,16,17,19). The lowest BCUT2D eigenvalue weighted by Crippen LogP contribution is -2.11. The van der Waals surface area contributed by atoms with Crippen LogP contribution in [0.1, 0.15) is 27.2 Å². The lowest BCUT2D eigenvalue weighted by Gasteiger charge is -2.04. The molecule has 1 aromatic carbocycles. The molecular formula is C15H16N2O3S. The Hall–Kier alpha value is -2.21. The fraction of sp³-hybridized carbons (Fsp3) is 0.267. The van der Waals surface area contributed by atoms with Crippen LogP contribution in [0.2, 0.25) is 0 Å². The first-order valence-corrected chi connectivity index (χ1v) is 7.29. The molecule has 0 saturated heterocycles. The van der Waals surface area contributed by atoms with Crippen LogP contribution >= 0.6 is 11.3 Å². The van der Waals surface area contributed by atoms with Crippen molar-refractivity contribution in [2.75, 3.05) is 12.4 Å². The molecule has 1 amide bonds. The summed E-state index contributed by atoms with van der Waals surface area (Å²) in [5, 5.41) is 3.34. The third-order valence-electron chi connectivity index (χ3n) is 2.90. The number of thiazole rings is 1. The van der Waals surface area contributed by atoms with E-state index in [1.807, 2.05) is 19.1 Å². The summed E-state index contributed by atoms with van der Waals surface area (Å²) in [7, 11) is 1.37. The van der Waals surface area contributed by atoms with Crippen LogP contribution in [0.15, 0.2) is 30.5 Å². The number of rotatable bonds is 5. The van der Waals surface area contributed by atoms with Gasteiger partial charge in [0.05, 0.1) is 7.11 Å². The van der Waals surface area contributed by atoms with Gasteiger partial charge in [-0.05, 0) is 31.0 Å². The number of methoxy groups -OCH3 is 1. The number of anilines is 1. The van der Waals surface area contributed by atoms with Gasteiger partial charge in [-0.25, -0.2) is 4.98 Å². The number of nitrogens with one attached hydrogen (secondary N) is 1. The predicted octanol–water partition coefficient (Wildman–Crippen LogP) is 2.81. The van der Waals surface area contributed by atoms with Crippen molar-refractivity contribution in [3.8, 4) is 0 Å². The monoisotopic (exact) mass is 304 g/mol. The maximum atomic E-state index is 12.0. The number of hydrogen-bond acceptors (Lipinski definition) is 5. The van der Waals surface area contributed by atoms with Crippen molar-refractivity contribution in [3.05, 3.63) is 46.5 Å². The van der Waals surface area contributed by atoms with Gasteiger partial charge in [0.15, 0.2) is 5.13 Å². The Bertz CT molecular complexity index is 635. The van der Waals surface area contributed by atoms with E-state index in [1.54, 1.807) is 18.3 Å². The molecule has 0 aliphatic carbocycles. The molecule has 0 aliphatic heterocycles. The van der Waals surface area contributed by atoms with Crippen LogP contribution in [0, 0.1) is 6.92 Å². The maximum Gasteiger partial charge on any atom is 0.305 e. The van der Waals surface area contributed by atoms with E-state index in [1.165, 1.54) is 18.4 Å². The van der Waals surface area contributed by atoms with Gasteiger partial charge in [-0.2, -0.15) is 0 Å². The van der Waals surface area contributed by atoms with Crippen molar-refractivity contribution < 1.29 is 14.3 Å². The Balaban J connectivity index is 1.95. The second-order valence-electron chi connectivity index (χ2n) is 4.50. The maximum absolute atomic E-state index is 12.0. The Morgan fingerprint density at radius 2 is 2.00 bits per heavy atom. The summed E-state index contributed by atoms with van der Waals surface area (Å²) in [5.74, 6) is -0.431. The number of amides is 1. The van der Waals surface area contributed by atoms with E-state index in [-0.39, 0.29) is 11.9 Å². The van der Waals surface area contributed by atoms with Gasteiger partial charge in [0.1, 0.15) is 0 Å². The lowest BCUT2D eigenvalue weighted by atomic mass is 10.1. The van der Waals surface area contributed by atoms with Crippen LogP contribution in [0.3, 0.4) is 0 Å². The number of aryl methyl sites for hydroxylation is 2. The van der Waals surface area contributed by atoms with Crippen molar-refractivity contribution >= 4 is 28.3 Å². The van der Waals surface area contributed by atoms with Crippen LogP contribution in [0.4, 0.5) is 5.13 Å². The molecule has 2 rings (SSSR count). The lowest BCUT2D eigenvalue weighted by molar-refractivity contribution is -0.140. The molecule has 1 aromatic heterocycles. The summed E-state index contributed by atoms with van der Waals surface area (Å²) in [4.78, 5) is 28.2. The van der Waals surface area contributed by atoms with Crippen molar-refractivity contribution in [2.24, 2.45) is 0 Å². The SMILES string of the molecule is COC(=O)CCc1ccc(C(=O)Nc2ncc(C)s2)cc1. The highest BCUT2D eigenvalue weighted by Crippen LogP contribution is 2.17. The number of hydrogen-bond donors (Lipinski definition) is 1. The van der Waals surface area contributed by atoms with Crippen LogP contribution < -0.4 is 5.32 Å². The Morgan fingerprint density at radius 1 is 1.29 bits per heavy atom. The summed E-state index contributed by atoms with van der Waals surface area (Å²) in [6.07, 6.45) is 2.65. The highest BCUT2D eigenvalue weighted by Gasteiger charge is 2.08. The van der Waals surface area contributed by atoms with E-state index in [2.05, 4.69) is 15.0 Å². The number of benzene rings is 1. The van der Waals surface area contributed by atoms with E-state index in [0.717, 1.165) is 10.4 Å². The van der Waals surface area contributed by atoms with Gasteiger partial charge in [0, 0.05) is 23.1 Å². The van der Waals surface area contributed by atoms with Crippen LogP contribution in [-0.4, -0.2) is 24.0 Å². The van der Waals surface area contributed by atoms with E-state index >= 15 is 0 Å². The molecule has 0 bridgehead atoms. The molecule has 0 aliphatic rings. The van der Waals surface area contributed by atoms with Gasteiger partial charge < -0.3 is 4.74 Å². The van der Waals surface area contributed by atoms with Crippen LogP contribution in [0.25, 0.3) is 0 Å². The first-order chi connectivity index (χ1) is 10.1. The van der Waals surface area contributed by atoms with Gasteiger partial charge in [-0.15, -0.1) is 11.3 Å². The summed E-state index contributed by atoms with van der Waals surface area (Å²) in [6.45, 7) is 1.93. The topological polar surface area (TPSA) is 68.3 Å². The Kier molecular flexibility index (Phi) is 5.05. The molecule has 5 nitrogen and oxygen atoms in total. The summed E-state index contributed by atoms with van der Waals surface area (Å²) in [5.41, 5.74) is 1.55. The average Bonchev–Trinajstić information content (AvgIpc) is 2.90. The highest BCUT2D eigenvalue weighted by atomic mass is 32.1. The number of nitrogens with zero attached hydrogens (tertiary/aromatic N) is 1. The van der Waals surface area contributed by atoms with E-state index < -0.39 is 0 Å². The minimum Gasteiger partial charge on any atom is -0.469 e. The van der Waals surface area contributed by atoms with Crippen molar-refractivity contribution in [3.63, 3.8) is 0 Å². The smallest absolute Gasteiger partial charge is 0.305 e. The molecule has 21 heavy (non-hydrogen) atoms. The Labute approximate surface area is 127 Å². The fourth-order valence-electron chi connectivity index (χ4n) is 1.75. The van der Waals surface area contributed by atoms with Crippen molar-refractivity contribution in [1.29, 1.82) is 0 Å². The van der Waals surface area contributed by atoms with E-state index in [9.17, 15) is 9.59 Å². The third kappa shape index (κ3) is 4.39. The first kappa shape index (κ1) is 15.2. The molecule has 6 heteroatoms. The van der Waals surface area contributed by atoms with Crippen molar-refractivity contribution in [2.45, 2.75) is 19.8 Å². The van der Waals surface area contributed by atoms with Crippen molar-refractivity contribution in [1.82, 2.24) is 4.98 Å². The molecule has 0 unspecified atom stereocenters. The number of esters is 1. The van der Waals surface area contributed by atoms with Crippen LogP contribution in [-0.2, 0) is 16.0 Å². The van der Waals surface area contributed by atoms with Gasteiger partial charge in [-0.3, -0.25) is 14.9 Å². The minimum atomic E-state index is -0.240. The molecule has 0 spiro atoms. The fourth-order valence-corrected chi connectivity index (χ4v) is 2.41. The highest BCUT2D eigenvalue weighted by molar-refractivity contribution is 7.15. The average molecular weight is 304 g/mol. The van der Waals surface area contributed by atoms with E-state index in [4.69, 9.17) is 0 Å². The van der Waals surface area contributed by atoms with Gasteiger partial charge in [-0.1, -0.05) is 12.1 Å². The first-order valence-electron chi connectivity index (χ1n) is 6.48. The molecule has 0 radical (unpaired) electrons. The molecule has 0 fully saturated rings. The molecule has 110 valence electrons. The second kappa shape index (κ2) is 6.99. The van der Waals surface area contributed by atoms with Gasteiger partial charge >= 0.3 is 5.97 Å². The van der Waals surface area contributed by atoms with Gasteiger partial charge in [0.25, 0.3) is 5.91 Å². The van der Waals surface area contributed by atoms with Crippen LogP contribution in [0.5, 0.6) is 0 Å². The minimum absolute atomic E-state index is 0.191. The third-order valence-corrected chi connectivity index (χ3v) is 3.73. The Morgan fingerprint density at radius 3 is 2.57 bits per heavy atom. The summed E-state index contributed by atoms with van der Waals surface area (Å²) in [6, 6.07) is 7.15. The normalized spacial score (nSPS) is 10.2. The summed E-state index contributed by atoms with van der Waals surface area (Å²) < 4.78 is 4.59. The zero-order chi connectivity index (χ0) is 15.2. The largest absolute Gasteiger partial charge is 0.469 e. The molecule has 1 N–H and O–H groups in total. The number of carbonyl (C=O) groups excluding carboxylic acids is 2. The molecule has 0 atom stereocenters. The number of carbonyl (C=O) groups is 2. The number of aromatic nitrogens is 1. The van der Waals surface area contributed by atoms with Gasteiger partial charge in [0.2, 0.25) is 0 Å².